The van der Waals surface area contributed by atoms with Crippen LogP contribution in [0, 0.1) is 23.2 Å². The molecule has 31 heavy (non-hydrogen) atoms. The van der Waals surface area contributed by atoms with Crippen molar-refractivity contribution in [1.29, 1.82) is 0 Å². The standard InChI is InChI=1S/C21H25F3N2O4S/c22-21(23,24)17-9-15(19(27)25-31(28,29)26-4-1-5-26)2-3-18(17)30-12-20-10-13-6-14(11-20)8-16(20)7-13/h2-3,9,13-14,16H,1,4-8,10-12H2,(H,25,27). The molecule has 4 saturated carbocycles. The first-order chi connectivity index (χ1) is 14.6. The molecule has 2 atom stereocenters. The van der Waals surface area contributed by atoms with E-state index in [0.717, 1.165) is 36.1 Å². The van der Waals surface area contributed by atoms with Crippen molar-refractivity contribution >= 4 is 16.1 Å². The lowest BCUT2D eigenvalue weighted by Gasteiger charge is -2.33. The highest BCUT2D eigenvalue weighted by molar-refractivity contribution is 7.87. The summed E-state index contributed by atoms with van der Waals surface area (Å²) in [4.78, 5) is 12.3. The summed E-state index contributed by atoms with van der Waals surface area (Å²) in [5.74, 6) is 0.470. The lowest BCUT2D eigenvalue weighted by Crippen LogP contribution is -2.49. The van der Waals surface area contributed by atoms with Gasteiger partial charge in [-0.3, -0.25) is 4.79 Å². The molecule has 0 spiro atoms. The van der Waals surface area contributed by atoms with E-state index in [9.17, 15) is 26.4 Å². The van der Waals surface area contributed by atoms with E-state index in [1.165, 1.54) is 12.5 Å². The number of ether oxygens (including phenoxy) is 1. The fraction of sp³-hybridized carbons (Fsp3) is 0.667. The van der Waals surface area contributed by atoms with Crippen molar-refractivity contribution in [1.82, 2.24) is 9.03 Å². The van der Waals surface area contributed by atoms with E-state index in [0.29, 0.717) is 30.2 Å². The van der Waals surface area contributed by atoms with Gasteiger partial charge < -0.3 is 4.74 Å². The number of halogens is 3. The SMILES string of the molecule is O=C(NS(=O)(=O)N1CCC1)c1ccc(OCC23CC4CC(CC2C4)C3)c(C(F)(F)F)c1. The molecule has 1 saturated heterocycles. The molecule has 1 aromatic carbocycles. The minimum Gasteiger partial charge on any atom is -0.492 e. The van der Waals surface area contributed by atoms with Crippen LogP contribution in [0.3, 0.4) is 0 Å². The second-order valence-corrected chi connectivity index (χ2v) is 11.3. The largest absolute Gasteiger partial charge is 0.492 e. The average molecular weight is 459 g/mol. The summed E-state index contributed by atoms with van der Waals surface area (Å²) in [7, 11) is -4.04. The Bertz CT molecular complexity index is 992. The molecule has 4 aliphatic carbocycles. The number of hydrogen-bond acceptors (Lipinski definition) is 4. The van der Waals surface area contributed by atoms with Crippen molar-refractivity contribution in [2.45, 2.75) is 44.7 Å². The van der Waals surface area contributed by atoms with Crippen molar-refractivity contribution in [3.63, 3.8) is 0 Å². The second kappa shape index (κ2) is 7.10. The number of nitrogens with zero attached hydrogens (tertiary/aromatic N) is 1. The van der Waals surface area contributed by atoms with Gasteiger partial charge in [-0.25, -0.2) is 4.72 Å². The maximum atomic E-state index is 13.7. The first-order valence-corrected chi connectivity index (χ1v) is 12.2. The third kappa shape index (κ3) is 3.71. The average Bonchev–Trinajstić information content (AvgIpc) is 3.00. The van der Waals surface area contributed by atoms with E-state index in [1.54, 1.807) is 0 Å². The van der Waals surface area contributed by atoms with Gasteiger partial charge in [0, 0.05) is 24.1 Å². The lowest BCUT2D eigenvalue weighted by molar-refractivity contribution is -0.139. The third-order valence-electron chi connectivity index (χ3n) is 7.60. The van der Waals surface area contributed by atoms with E-state index in [1.807, 2.05) is 4.72 Å². The summed E-state index contributed by atoms with van der Waals surface area (Å²) in [6.07, 6.45) is 1.52. The van der Waals surface area contributed by atoms with E-state index < -0.39 is 27.9 Å². The van der Waals surface area contributed by atoms with Crippen LogP contribution in [0.2, 0.25) is 0 Å². The molecule has 2 unspecified atom stereocenters. The van der Waals surface area contributed by atoms with Crippen LogP contribution in [0.25, 0.3) is 0 Å². The van der Waals surface area contributed by atoms with Crippen LogP contribution >= 0.6 is 0 Å². The van der Waals surface area contributed by atoms with Crippen LogP contribution in [0.5, 0.6) is 5.75 Å². The molecule has 4 bridgehead atoms. The normalized spacial score (nSPS) is 32.2. The third-order valence-corrected chi connectivity index (χ3v) is 9.09. The number of carbonyl (C=O) groups is 1. The van der Waals surface area contributed by atoms with Gasteiger partial charge in [-0.15, -0.1) is 0 Å². The molecule has 1 amide bonds. The molecule has 1 aliphatic heterocycles. The van der Waals surface area contributed by atoms with Gasteiger partial charge in [0.05, 0.1) is 12.2 Å². The van der Waals surface area contributed by atoms with Crippen molar-refractivity contribution in [3.8, 4) is 5.75 Å². The van der Waals surface area contributed by atoms with Crippen LogP contribution in [-0.2, 0) is 16.4 Å². The number of nitrogens with one attached hydrogen (secondary N) is 1. The van der Waals surface area contributed by atoms with Gasteiger partial charge in [0.15, 0.2) is 0 Å². The van der Waals surface area contributed by atoms with Crippen molar-refractivity contribution in [2.75, 3.05) is 19.7 Å². The van der Waals surface area contributed by atoms with Crippen molar-refractivity contribution in [3.05, 3.63) is 29.3 Å². The Kier molecular flexibility index (Phi) is 4.82. The van der Waals surface area contributed by atoms with Crippen LogP contribution in [0.15, 0.2) is 18.2 Å². The van der Waals surface area contributed by atoms with E-state index in [2.05, 4.69) is 0 Å². The number of amides is 1. The highest BCUT2D eigenvalue weighted by Crippen LogP contribution is 2.65. The van der Waals surface area contributed by atoms with Gasteiger partial charge in [0.2, 0.25) is 0 Å². The van der Waals surface area contributed by atoms with E-state index >= 15 is 0 Å². The van der Waals surface area contributed by atoms with Crippen LogP contribution in [0.4, 0.5) is 13.2 Å². The number of hydrogen-bond donors (Lipinski definition) is 1. The minimum absolute atomic E-state index is 0.0300. The summed E-state index contributed by atoms with van der Waals surface area (Å²) in [5, 5.41) is 0. The first-order valence-electron chi connectivity index (χ1n) is 10.7. The predicted molar refractivity (Wildman–Crippen MR) is 106 cm³/mol. The quantitative estimate of drug-likeness (QED) is 0.707. The van der Waals surface area contributed by atoms with Gasteiger partial charge in [-0.1, -0.05) is 0 Å². The molecule has 0 aromatic heterocycles. The predicted octanol–water partition coefficient (Wildman–Crippen LogP) is 3.59. The monoisotopic (exact) mass is 458 g/mol. The molecule has 1 N–H and O–H groups in total. The second-order valence-electron chi connectivity index (χ2n) is 9.59. The van der Waals surface area contributed by atoms with Gasteiger partial charge in [-0.2, -0.15) is 25.9 Å². The summed E-state index contributed by atoms with van der Waals surface area (Å²) in [5.41, 5.74) is -1.46. The fourth-order valence-corrected chi connectivity index (χ4v) is 7.43. The topological polar surface area (TPSA) is 75.7 Å². The highest BCUT2D eigenvalue weighted by atomic mass is 32.2. The molecule has 0 radical (unpaired) electrons. The summed E-state index contributed by atoms with van der Waals surface area (Å²) < 4.78 is 74.0. The van der Waals surface area contributed by atoms with E-state index in [4.69, 9.17) is 4.74 Å². The zero-order valence-electron chi connectivity index (χ0n) is 17.0. The zero-order chi connectivity index (χ0) is 22.0. The number of alkyl halides is 3. The molecule has 1 heterocycles. The summed E-state index contributed by atoms with van der Waals surface area (Å²) in [6, 6.07) is 2.98. The summed E-state index contributed by atoms with van der Waals surface area (Å²) >= 11 is 0. The van der Waals surface area contributed by atoms with Crippen LogP contribution in [-0.4, -0.2) is 38.3 Å². The van der Waals surface area contributed by atoms with Crippen LogP contribution in [0.1, 0.15) is 54.4 Å². The Morgan fingerprint density at radius 3 is 2.42 bits per heavy atom. The number of rotatable bonds is 6. The Balaban J connectivity index is 1.34. The molecule has 1 aromatic rings. The lowest BCUT2D eigenvalue weighted by atomic mass is 9.76. The van der Waals surface area contributed by atoms with Crippen molar-refractivity contribution < 1.29 is 31.1 Å². The van der Waals surface area contributed by atoms with Gasteiger partial charge >= 0.3 is 16.4 Å². The molecular formula is C21H25F3N2O4S. The molecule has 6 nitrogen and oxygen atoms in total. The number of carbonyl (C=O) groups excluding carboxylic acids is 1. The maximum Gasteiger partial charge on any atom is 0.419 e. The molecule has 5 fully saturated rings. The van der Waals surface area contributed by atoms with Gasteiger partial charge in [-0.05, 0) is 74.5 Å². The molecule has 6 rings (SSSR count). The van der Waals surface area contributed by atoms with Gasteiger partial charge in [0.25, 0.3) is 5.91 Å². The fourth-order valence-electron chi connectivity index (χ4n) is 6.21. The van der Waals surface area contributed by atoms with Crippen LogP contribution < -0.4 is 9.46 Å². The number of benzene rings is 1. The highest BCUT2D eigenvalue weighted by Gasteiger charge is 2.58. The Hall–Kier alpha value is -1.81. The van der Waals surface area contributed by atoms with Crippen molar-refractivity contribution in [2.24, 2.45) is 23.2 Å². The summed E-state index contributed by atoms with van der Waals surface area (Å²) in [6.45, 7) is 0.823. The Morgan fingerprint density at radius 2 is 1.84 bits per heavy atom. The smallest absolute Gasteiger partial charge is 0.419 e. The maximum absolute atomic E-state index is 13.7. The molecule has 170 valence electrons. The Labute approximate surface area is 179 Å². The zero-order valence-corrected chi connectivity index (χ0v) is 17.8. The molecular weight excluding hydrogens is 433 g/mol. The minimum atomic E-state index is -4.73. The Morgan fingerprint density at radius 1 is 1.16 bits per heavy atom. The molecule has 5 aliphatic rings. The molecule has 10 heteroatoms. The van der Waals surface area contributed by atoms with Gasteiger partial charge in [0.1, 0.15) is 5.75 Å². The first kappa shape index (κ1) is 21.1. The van der Waals surface area contributed by atoms with E-state index in [-0.39, 0.29) is 36.4 Å².